The fraction of sp³-hybridized carbons (Fsp3) is 0.273. The zero-order valence-corrected chi connectivity index (χ0v) is 26.4. The molecule has 9 nitrogen and oxygen atoms in total. The van der Waals surface area contributed by atoms with Crippen LogP contribution >= 0.6 is 23.2 Å². The summed E-state index contributed by atoms with van der Waals surface area (Å²) >= 11 is 14.0. The molecule has 0 radical (unpaired) electrons. The Balaban J connectivity index is 1.24. The molecule has 5 aromatic rings. The number of ether oxygens (including phenoxy) is 1. The topological polar surface area (TPSA) is 106 Å². The van der Waals surface area contributed by atoms with Crippen LogP contribution in [-0.4, -0.2) is 58.3 Å². The second kappa shape index (κ2) is 14.1. The minimum absolute atomic E-state index is 0.0879. The molecule has 46 heavy (non-hydrogen) atoms. The molecule has 0 aliphatic carbocycles. The van der Waals surface area contributed by atoms with E-state index in [1.54, 1.807) is 24.2 Å². The van der Waals surface area contributed by atoms with E-state index in [0.29, 0.717) is 63.6 Å². The molecule has 0 spiro atoms. The van der Waals surface area contributed by atoms with Gasteiger partial charge in [-0.15, -0.1) is 5.10 Å². The quantitative estimate of drug-likeness (QED) is 0.146. The Hall–Kier alpha value is -4.16. The normalized spacial score (nSPS) is 14.7. The first-order chi connectivity index (χ1) is 22.3. The summed E-state index contributed by atoms with van der Waals surface area (Å²) in [6.07, 6.45) is 2.38. The highest BCUT2D eigenvalue weighted by atomic mass is 35.5. The molecule has 4 heterocycles. The Morgan fingerprint density at radius 3 is 2.59 bits per heavy atom. The van der Waals surface area contributed by atoms with Crippen LogP contribution in [0.15, 0.2) is 67.0 Å². The molecule has 0 unspecified atom stereocenters. The molecule has 6 rings (SSSR count). The monoisotopic (exact) mass is 665 g/mol. The van der Waals surface area contributed by atoms with E-state index in [0.717, 1.165) is 28.5 Å². The van der Waals surface area contributed by atoms with Gasteiger partial charge in [0.2, 0.25) is 11.8 Å². The van der Waals surface area contributed by atoms with E-state index < -0.39 is 6.43 Å². The van der Waals surface area contributed by atoms with Gasteiger partial charge in [-0.3, -0.25) is 4.79 Å². The maximum absolute atomic E-state index is 12.5. The van der Waals surface area contributed by atoms with Crippen LogP contribution in [0.25, 0.3) is 39.1 Å². The number of nitrogens with zero attached hydrogens (tertiary/aromatic N) is 4. The Labute approximate surface area is 274 Å². The van der Waals surface area contributed by atoms with Crippen LogP contribution in [0.2, 0.25) is 10.0 Å². The summed E-state index contributed by atoms with van der Waals surface area (Å²) in [5.74, 6) is 0.569. The Kier molecular flexibility index (Phi) is 9.74. The van der Waals surface area contributed by atoms with Gasteiger partial charge < -0.3 is 20.7 Å². The van der Waals surface area contributed by atoms with Crippen LogP contribution in [-0.2, 0) is 17.9 Å². The number of methoxy groups -OCH3 is 1. The van der Waals surface area contributed by atoms with Gasteiger partial charge >= 0.3 is 0 Å². The number of benzene rings is 2. The molecule has 238 valence electrons. The minimum atomic E-state index is -2.42. The van der Waals surface area contributed by atoms with E-state index in [2.05, 4.69) is 26.0 Å². The van der Waals surface area contributed by atoms with E-state index in [-0.39, 0.29) is 25.0 Å². The summed E-state index contributed by atoms with van der Waals surface area (Å²) in [5.41, 5.74) is 5.58. The summed E-state index contributed by atoms with van der Waals surface area (Å²) < 4.78 is 32.3. The van der Waals surface area contributed by atoms with E-state index >= 15 is 0 Å². The number of nitrogens with one attached hydrogen (secondary N) is 3. The summed E-state index contributed by atoms with van der Waals surface area (Å²) in [7, 11) is 1.58. The fourth-order valence-corrected chi connectivity index (χ4v) is 6.13. The standard InChI is InChI=1S/C33H31Cl2F2N7O2/c1-46-33-20(15-39-16-22-9-11-29(45)41-22)8-10-26(42-33)25-6-2-4-23(30(25)34)24-5-3-7-27(31(24)35)44-18-21-12-19(13-38-17-28(36)37)14-40-32(21)43-44/h2-8,10,12,14,18,22,28,38-39H,9,11,13,15-17H2,1H3,(H,41,45)/t22-/m0/s1. The molecule has 1 amide bonds. The minimum Gasteiger partial charge on any atom is -0.481 e. The maximum Gasteiger partial charge on any atom is 0.250 e. The first-order valence-electron chi connectivity index (χ1n) is 14.8. The summed E-state index contributed by atoms with van der Waals surface area (Å²) in [6, 6.07) is 17.1. The molecule has 1 atom stereocenters. The van der Waals surface area contributed by atoms with Gasteiger partial charge in [0.05, 0.1) is 35.1 Å². The number of fused-ring (bicyclic) bond motifs is 1. The Bertz CT molecular complexity index is 1880. The van der Waals surface area contributed by atoms with E-state index in [1.807, 2.05) is 54.6 Å². The number of amides is 1. The predicted molar refractivity (Wildman–Crippen MR) is 175 cm³/mol. The summed E-state index contributed by atoms with van der Waals surface area (Å²) in [4.78, 5) is 20.6. The number of hydrogen-bond donors (Lipinski definition) is 3. The molecule has 1 aliphatic heterocycles. The Morgan fingerprint density at radius 1 is 1.04 bits per heavy atom. The summed E-state index contributed by atoms with van der Waals surface area (Å²) in [5, 5.41) is 15.3. The molecule has 3 aromatic heterocycles. The van der Waals surface area contributed by atoms with Gasteiger partial charge in [0.15, 0.2) is 5.65 Å². The third kappa shape index (κ3) is 6.97. The molecule has 0 bridgehead atoms. The third-order valence-corrected chi connectivity index (χ3v) is 8.56. The zero-order chi connectivity index (χ0) is 32.2. The van der Waals surface area contributed by atoms with Gasteiger partial charge in [-0.25, -0.2) is 23.4 Å². The van der Waals surface area contributed by atoms with E-state index in [9.17, 15) is 13.6 Å². The molecular formula is C33H31Cl2F2N7O2. The lowest BCUT2D eigenvalue weighted by Crippen LogP contribution is -2.35. The fourth-order valence-electron chi connectivity index (χ4n) is 5.49. The van der Waals surface area contributed by atoms with Crippen LogP contribution in [0, 0.1) is 0 Å². The molecule has 3 N–H and O–H groups in total. The van der Waals surface area contributed by atoms with Crippen LogP contribution < -0.4 is 20.7 Å². The predicted octanol–water partition coefficient (Wildman–Crippen LogP) is 6.19. The summed E-state index contributed by atoms with van der Waals surface area (Å²) in [6.45, 7) is 1.08. The first-order valence-corrected chi connectivity index (χ1v) is 15.5. The first kappa shape index (κ1) is 31.8. The van der Waals surface area contributed by atoms with Crippen LogP contribution in [0.5, 0.6) is 5.88 Å². The number of carbonyl (C=O) groups is 1. The van der Waals surface area contributed by atoms with Crippen LogP contribution in [0.4, 0.5) is 8.78 Å². The molecular weight excluding hydrogens is 635 g/mol. The number of pyridine rings is 2. The maximum atomic E-state index is 12.5. The number of rotatable bonds is 12. The van der Waals surface area contributed by atoms with Crippen molar-refractivity contribution in [1.29, 1.82) is 0 Å². The lowest BCUT2D eigenvalue weighted by Gasteiger charge is -2.15. The number of carbonyl (C=O) groups excluding carboxylic acids is 1. The number of hydrogen-bond acceptors (Lipinski definition) is 7. The van der Waals surface area contributed by atoms with Crippen molar-refractivity contribution in [2.24, 2.45) is 0 Å². The number of aromatic nitrogens is 4. The highest BCUT2D eigenvalue weighted by Gasteiger charge is 2.21. The van der Waals surface area contributed by atoms with Crippen molar-refractivity contribution in [3.8, 4) is 34.0 Å². The molecule has 13 heteroatoms. The van der Waals surface area contributed by atoms with Crippen molar-refractivity contribution in [2.75, 3.05) is 20.2 Å². The van der Waals surface area contributed by atoms with Crippen molar-refractivity contribution in [3.63, 3.8) is 0 Å². The lowest BCUT2D eigenvalue weighted by molar-refractivity contribution is -0.119. The lowest BCUT2D eigenvalue weighted by atomic mass is 10.00. The van der Waals surface area contributed by atoms with Gasteiger partial charge in [0, 0.05) is 72.1 Å². The van der Waals surface area contributed by atoms with Crippen molar-refractivity contribution in [1.82, 2.24) is 35.7 Å². The zero-order valence-electron chi connectivity index (χ0n) is 24.9. The van der Waals surface area contributed by atoms with E-state index in [4.69, 9.17) is 32.9 Å². The molecule has 1 aliphatic rings. The third-order valence-electron chi connectivity index (χ3n) is 7.76. The highest BCUT2D eigenvalue weighted by molar-refractivity contribution is 6.39. The molecule has 2 aromatic carbocycles. The van der Waals surface area contributed by atoms with Crippen LogP contribution in [0.1, 0.15) is 24.0 Å². The Morgan fingerprint density at radius 2 is 1.83 bits per heavy atom. The molecule has 0 saturated carbocycles. The van der Waals surface area contributed by atoms with Gasteiger partial charge in [-0.05, 0) is 30.2 Å². The van der Waals surface area contributed by atoms with E-state index in [1.165, 1.54) is 0 Å². The largest absolute Gasteiger partial charge is 0.481 e. The number of halogens is 4. The SMILES string of the molecule is COc1nc(-c2cccc(-c3cccc(-n4cc5cc(CNCC(F)F)cnc5n4)c3Cl)c2Cl)ccc1CNC[C@@H]1CCC(=O)N1. The van der Waals surface area contributed by atoms with Gasteiger partial charge in [-0.2, -0.15) is 0 Å². The van der Waals surface area contributed by atoms with Crippen molar-refractivity contribution in [3.05, 3.63) is 88.2 Å². The van der Waals surface area contributed by atoms with Gasteiger partial charge in [0.1, 0.15) is 0 Å². The number of alkyl halides is 2. The van der Waals surface area contributed by atoms with Gasteiger partial charge in [0.25, 0.3) is 6.43 Å². The average Bonchev–Trinajstić information content (AvgIpc) is 3.67. The van der Waals surface area contributed by atoms with Gasteiger partial charge in [-0.1, -0.05) is 59.6 Å². The van der Waals surface area contributed by atoms with Crippen molar-refractivity contribution in [2.45, 2.75) is 38.4 Å². The van der Waals surface area contributed by atoms with Crippen LogP contribution in [0.3, 0.4) is 0 Å². The highest BCUT2D eigenvalue weighted by Crippen LogP contribution is 2.41. The van der Waals surface area contributed by atoms with Crippen molar-refractivity contribution < 1.29 is 18.3 Å². The smallest absolute Gasteiger partial charge is 0.250 e. The van der Waals surface area contributed by atoms with Crippen molar-refractivity contribution >= 4 is 40.1 Å². The average molecular weight is 667 g/mol. The second-order valence-corrected chi connectivity index (χ2v) is 11.7. The molecule has 1 saturated heterocycles. The molecule has 1 fully saturated rings. The second-order valence-electron chi connectivity index (χ2n) is 11.0.